The van der Waals surface area contributed by atoms with Crippen LogP contribution in [0.3, 0.4) is 0 Å². The van der Waals surface area contributed by atoms with E-state index in [1.165, 1.54) is 0 Å². The van der Waals surface area contributed by atoms with Crippen LogP contribution in [0.1, 0.15) is 5.76 Å². The molecule has 3 heteroatoms. The van der Waals surface area contributed by atoms with Crippen LogP contribution in [0.15, 0.2) is 22.6 Å². The SMILES string of the molecule is COc1ccc2oc(C)c(N)c2c1. The fourth-order valence-corrected chi connectivity index (χ4v) is 1.35. The molecule has 2 aromatic rings. The molecule has 0 aliphatic rings. The summed E-state index contributed by atoms with van der Waals surface area (Å²) in [5, 5.41) is 0.914. The summed E-state index contributed by atoms with van der Waals surface area (Å²) in [6.07, 6.45) is 0. The van der Waals surface area contributed by atoms with Gasteiger partial charge in [-0.3, -0.25) is 0 Å². The molecule has 0 saturated heterocycles. The molecule has 0 unspecified atom stereocenters. The van der Waals surface area contributed by atoms with Crippen molar-refractivity contribution in [1.29, 1.82) is 0 Å². The molecule has 0 spiro atoms. The fourth-order valence-electron chi connectivity index (χ4n) is 1.35. The summed E-state index contributed by atoms with van der Waals surface area (Å²) in [5.74, 6) is 1.54. The van der Waals surface area contributed by atoms with Crippen LogP contribution in [0.4, 0.5) is 5.69 Å². The Morgan fingerprint density at radius 1 is 1.38 bits per heavy atom. The van der Waals surface area contributed by atoms with Gasteiger partial charge in [-0.15, -0.1) is 0 Å². The molecule has 2 rings (SSSR count). The summed E-state index contributed by atoms with van der Waals surface area (Å²) in [6.45, 7) is 1.85. The Morgan fingerprint density at radius 3 is 2.85 bits per heavy atom. The number of aryl methyl sites for hydroxylation is 1. The van der Waals surface area contributed by atoms with E-state index in [1.807, 2.05) is 25.1 Å². The fraction of sp³-hybridized carbons (Fsp3) is 0.200. The molecule has 68 valence electrons. The predicted octanol–water partition coefficient (Wildman–Crippen LogP) is 2.33. The van der Waals surface area contributed by atoms with Gasteiger partial charge in [-0.05, 0) is 25.1 Å². The van der Waals surface area contributed by atoms with Crippen LogP contribution in [0.5, 0.6) is 5.75 Å². The van der Waals surface area contributed by atoms with E-state index in [0.717, 1.165) is 22.5 Å². The molecule has 0 radical (unpaired) electrons. The summed E-state index contributed by atoms with van der Waals surface area (Å²) in [6, 6.07) is 5.59. The Labute approximate surface area is 76.1 Å². The van der Waals surface area contributed by atoms with Crippen LogP contribution in [-0.2, 0) is 0 Å². The quantitative estimate of drug-likeness (QED) is 0.727. The Morgan fingerprint density at radius 2 is 2.15 bits per heavy atom. The molecule has 0 atom stereocenters. The van der Waals surface area contributed by atoms with Crippen molar-refractivity contribution in [2.24, 2.45) is 0 Å². The first-order valence-electron chi connectivity index (χ1n) is 4.05. The highest BCUT2D eigenvalue weighted by atomic mass is 16.5. The molecule has 0 saturated carbocycles. The lowest BCUT2D eigenvalue weighted by Gasteiger charge is -1.97. The molecule has 1 aromatic carbocycles. The monoisotopic (exact) mass is 177 g/mol. The van der Waals surface area contributed by atoms with E-state index in [9.17, 15) is 0 Å². The summed E-state index contributed by atoms with van der Waals surface area (Å²) in [4.78, 5) is 0. The van der Waals surface area contributed by atoms with E-state index >= 15 is 0 Å². The Bertz CT molecular complexity index is 445. The smallest absolute Gasteiger partial charge is 0.136 e. The number of methoxy groups -OCH3 is 1. The second-order valence-corrected chi connectivity index (χ2v) is 2.93. The van der Waals surface area contributed by atoms with Crippen LogP contribution in [0, 0.1) is 6.92 Å². The van der Waals surface area contributed by atoms with E-state index in [-0.39, 0.29) is 0 Å². The summed E-state index contributed by atoms with van der Waals surface area (Å²) in [5.41, 5.74) is 7.30. The number of ether oxygens (including phenoxy) is 1. The number of hydrogen-bond donors (Lipinski definition) is 1. The lowest BCUT2D eigenvalue weighted by molar-refractivity contribution is 0.415. The zero-order chi connectivity index (χ0) is 9.42. The Balaban J connectivity index is 2.75. The second kappa shape index (κ2) is 2.69. The number of rotatable bonds is 1. The van der Waals surface area contributed by atoms with Gasteiger partial charge in [0.25, 0.3) is 0 Å². The summed E-state index contributed by atoms with van der Waals surface area (Å²) < 4.78 is 10.5. The van der Waals surface area contributed by atoms with Crippen molar-refractivity contribution >= 4 is 16.7 Å². The molecule has 1 aromatic heterocycles. The second-order valence-electron chi connectivity index (χ2n) is 2.93. The van der Waals surface area contributed by atoms with Crippen molar-refractivity contribution in [1.82, 2.24) is 0 Å². The zero-order valence-electron chi connectivity index (χ0n) is 7.63. The largest absolute Gasteiger partial charge is 0.497 e. The molecule has 0 bridgehead atoms. The van der Waals surface area contributed by atoms with Crippen molar-refractivity contribution < 1.29 is 9.15 Å². The van der Waals surface area contributed by atoms with Crippen LogP contribution >= 0.6 is 0 Å². The highest BCUT2D eigenvalue weighted by molar-refractivity contribution is 5.91. The zero-order valence-corrected chi connectivity index (χ0v) is 7.63. The van der Waals surface area contributed by atoms with Gasteiger partial charge < -0.3 is 14.9 Å². The minimum absolute atomic E-state index is 0.689. The van der Waals surface area contributed by atoms with Gasteiger partial charge in [0.15, 0.2) is 0 Å². The molecule has 0 amide bonds. The normalized spacial score (nSPS) is 10.6. The van der Waals surface area contributed by atoms with Gasteiger partial charge in [-0.25, -0.2) is 0 Å². The van der Waals surface area contributed by atoms with Crippen molar-refractivity contribution in [3.05, 3.63) is 24.0 Å². The van der Waals surface area contributed by atoms with E-state index in [0.29, 0.717) is 5.69 Å². The van der Waals surface area contributed by atoms with Gasteiger partial charge in [-0.1, -0.05) is 0 Å². The Hall–Kier alpha value is -1.64. The lowest BCUT2D eigenvalue weighted by atomic mass is 10.2. The minimum Gasteiger partial charge on any atom is -0.497 e. The molecule has 0 fully saturated rings. The first-order valence-corrected chi connectivity index (χ1v) is 4.05. The van der Waals surface area contributed by atoms with Crippen molar-refractivity contribution in [2.75, 3.05) is 12.8 Å². The number of hydrogen-bond acceptors (Lipinski definition) is 3. The maximum atomic E-state index is 5.81. The molecular formula is C10H11NO2. The van der Waals surface area contributed by atoms with Crippen LogP contribution in [0.25, 0.3) is 11.0 Å². The molecule has 3 nitrogen and oxygen atoms in total. The maximum Gasteiger partial charge on any atom is 0.136 e. The number of furan rings is 1. The average molecular weight is 177 g/mol. The third-order valence-corrected chi connectivity index (χ3v) is 2.12. The summed E-state index contributed by atoms with van der Waals surface area (Å²) >= 11 is 0. The van der Waals surface area contributed by atoms with Crippen LogP contribution < -0.4 is 10.5 Å². The maximum absolute atomic E-state index is 5.81. The topological polar surface area (TPSA) is 48.4 Å². The van der Waals surface area contributed by atoms with Gasteiger partial charge in [0.2, 0.25) is 0 Å². The van der Waals surface area contributed by atoms with E-state index in [2.05, 4.69) is 0 Å². The van der Waals surface area contributed by atoms with Crippen molar-refractivity contribution in [3.63, 3.8) is 0 Å². The van der Waals surface area contributed by atoms with E-state index < -0.39 is 0 Å². The lowest BCUT2D eigenvalue weighted by Crippen LogP contribution is -1.85. The van der Waals surface area contributed by atoms with Gasteiger partial charge in [-0.2, -0.15) is 0 Å². The first-order chi connectivity index (χ1) is 6.22. The molecule has 0 aliphatic carbocycles. The van der Waals surface area contributed by atoms with Crippen LogP contribution in [-0.4, -0.2) is 7.11 Å². The number of nitrogens with two attached hydrogens (primary N) is 1. The highest BCUT2D eigenvalue weighted by Gasteiger charge is 2.07. The van der Waals surface area contributed by atoms with Crippen LogP contribution in [0.2, 0.25) is 0 Å². The minimum atomic E-state index is 0.689. The third kappa shape index (κ3) is 1.13. The first kappa shape index (κ1) is 7.98. The number of fused-ring (bicyclic) bond motifs is 1. The predicted molar refractivity (Wildman–Crippen MR) is 51.9 cm³/mol. The number of nitrogen functional groups attached to an aromatic ring is 1. The van der Waals surface area contributed by atoms with Gasteiger partial charge in [0.05, 0.1) is 12.8 Å². The number of benzene rings is 1. The standard InChI is InChI=1S/C10H11NO2/c1-6-10(11)8-5-7(12-2)3-4-9(8)13-6/h3-5H,11H2,1-2H3. The van der Waals surface area contributed by atoms with E-state index in [4.69, 9.17) is 14.9 Å². The van der Waals surface area contributed by atoms with Gasteiger partial charge in [0.1, 0.15) is 17.1 Å². The van der Waals surface area contributed by atoms with E-state index in [1.54, 1.807) is 7.11 Å². The van der Waals surface area contributed by atoms with Gasteiger partial charge in [0, 0.05) is 5.39 Å². The molecular weight excluding hydrogens is 166 g/mol. The third-order valence-electron chi connectivity index (χ3n) is 2.12. The summed E-state index contributed by atoms with van der Waals surface area (Å²) in [7, 11) is 1.63. The number of anilines is 1. The molecule has 2 N–H and O–H groups in total. The molecule has 13 heavy (non-hydrogen) atoms. The average Bonchev–Trinajstić information content (AvgIpc) is 2.43. The van der Waals surface area contributed by atoms with Crippen molar-refractivity contribution in [2.45, 2.75) is 6.92 Å². The molecule has 1 heterocycles. The van der Waals surface area contributed by atoms with Crippen molar-refractivity contribution in [3.8, 4) is 5.75 Å². The van der Waals surface area contributed by atoms with Gasteiger partial charge >= 0.3 is 0 Å². The highest BCUT2D eigenvalue weighted by Crippen LogP contribution is 2.30. The Kier molecular flexibility index (Phi) is 1.65. The molecule has 0 aliphatic heterocycles.